The maximum atomic E-state index is 12.9. The molecule has 3 N–H and O–H groups in total. The lowest BCUT2D eigenvalue weighted by Crippen LogP contribution is -2.50. The predicted molar refractivity (Wildman–Crippen MR) is 95.5 cm³/mol. The van der Waals surface area contributed by atoms with Crippen molar-refractivity contribution in [3.05, 3.63) is 29.8 Å². The van der Waals surface area contributed by atoms with Crippen molar-refractivity contribution in [2.45, 2.75) is 63.3 Å². The Balaban J connectivity index is 1.69. The number of carbonyl (C=O) groups is 2. The summed E-state index contributed by atoms with van der Waals surface area (Å²) in [6.45, 7) is -2.61. The van der Waals surface area contributed by atoms with Gasteiger partial charge < -0.3 is 20.7 Å². The third-order valence-corrected chi connectivity index (χ3v) is 5.27. The van der Waals surface area contributed by atoms with Crippen LogP contribution < -0.4 is 15.8 Å². The summed E-state index contributed by atoms with van der Waals surface area (Å²) in [5.41, 5.74) is 5.94. The molecule has 1 heterocycles. The smallest absolute Gasteiger partial charge is 0.387 e. The molecule has 0 spiro atoms. The zero-order valence-corrected chi connectivity index (χ0v) is 15.1. The van der Waals surface area contributed by atoms with Crippen molar-refractivity contribution >= 4 is 11.8 Å². The number of ether oxygens (including phenoxy) is 1. The van der Waals surface area contributed by atoms with Gasteiger partial charge in [0.1, 0.15) is 11.8 Å². The third kappa shape index (κ3) is 4.74. The van der Waals surface area contributed by atoms with E-state index in [0.717, 1.165) is 25.7 Å². The van der Waals surface area contributed by atoms with Crippen molar-refractivity contribution in [3.63, 3.8) is 0 Å². The van der Waals surface area contributed by atoms with E-state index >= 15 is 0 Å². The summed E-state index contributed by atoms with van der Waals surface area (Å²) in [4.78, 5) is 27.1. The molecule has 0 radical (unpaired) electrons. The molecular formula is C19H25F2N3O3. The van der Waals surface area contributed by atoms with E-state index in [-0.39, 0.29) is 29.3 Å². The van der Waals surface area contributed by atoms with Gasteiger partial charge in [-0.15, -0.1) is 0 Å². The lowest BCUT2D eigenvalue weighted by molar-refractivity contribution is -0.125. The molecule has 2 aliphatic rings. The molecule has 2 amide bonds. The molecule has 0 bridgehead atoms. The van der Waals surface area contributed by atoms with Gasteiger partial charge in [0, 0.05) is 18.6 Å². The highest BCUT2D eigenvalue weighted by Crippen LogP contribution is 2.27. The maximum Gasteiger partial charge on any atom is 0.387 e. The van der Waals surface area contributed by atoms with Crippen molar-refractivity contribution in [2.24, 2.45) is 5.73 Å². The summed E-state index contributed by atoms with van der Waals surface area (Å²) in [7, 11) is 0. The van der Waals surface area contributed by atoms with Gasteiger partial charge in [0.25, 0.3) is 5.91 Å². The van der Waals surface area contributed by atoms with Crippen LogP contribution in [0.5, 0.6) is 5.75 Å². The summed E-state index contributed by atoms with van der Waals surface area (Å²) in [6.07, 6.45) is 4.66. The van der Waals surface area contributed by atoms with E-state index in [1.807, 2.05) is 0 Å². The van der Waals surface area contributed by atoms with Crippen molar-refractivity contribution in [3.8, 4) is 5.75 Å². The fourth-order valence-corrected chi connectivity index (χ4v) is 3.84. The van der Waals surface area contributed by atoms with Crippen LogP contribution in [-0.4, -0.2) is 48.0 Å². The summed E-state index contributed by atoms with van der Waals surface area (Å²) in [6, 6.07) is 5.55. The molecule has 1 atom stereocenters. The van der Waals surface area contributed by atoms with Crippen LogP contribution in [0.1, 0.15) is 48.9 Å². The van der Waals surface area contributed by atoms with Gasteiger partial charge in [-0.25, -0.2) is 0 Å². The zero-order valence-electron chi connectivity index (χ0n) is 15.1. The van der Waals surface area contributed by atoms with Gasteiger partial charge in [-0.3, -0.25) is 9.59 Å². The molecule has 2 fully saturated rings. The summed E-state index contributed by atoms with van der Waals surface area (Å²) >= 11 is 0. The summed E-state index contributed by atoms with van der Waals surface area (Å²) in [5.74, 6) is -0.826. The van der Waals surface area contributed by atoms with Gasteiger partial charge in [0.15, 0.2) is 0 Å². The van der Waals surface area contributed by atoms with Crippen molar-refractivity contribution in [1.29, 1.82) is 0 Å². The number of carbonyl (C=O) groups excluding carboxylic acids is 2. The fraction of sp³-hybridized carbons (Fsp3) is 0.579. The Bertz CT molecular complexity index is 678. The van der Waals surface area contributed by atoms with Crippen LogP contribution in [0.25, 0.3) is 0 Å². The largest absolute Gasteiger partial charge is 0.434 e. The van der Waals surface area contributed by atoms with Gasteiger partial charge in [0.05, 0.1) is 5.56 Å². The van der Waals surface area contributed by atoms with Gasteiger partial charge in [-0.1, -0.05) is 12.1 Å². The van der Waals surface area contributed by atoms with Gasteiger partial charge >= 0.3 is 6.61 Å². The minimum absolute atomic E-state index is 0.0427. The Kier molecular flexibility index (Phi) is 6.26. The van der Waals surface area contributed by atoms with E-state index in [0.29, 0.717) is 19.4 Å². The van der Waals surface area contributed by atoms with E-state index < -0.39 is 18.6 Å². The lowest BCUT2D eigenvalue weighted by atomic mass is 9.91. The highest BCUT2D eigenvalue weighted by molar-refractivity contribution is 6.00. The number of likely N-dealkylation sites (tertiary alicyclic amines) is 1. The Morgan fingerprint density at radius 3 is 2.56 bits per heavy atom. The Morgan fingerprint density at radius 2 is 1.85 bits per heavy atom. The van der Waals surface area contributed by atoms with Crippen LogP contribution >= 0.6 is 0 Å². The molecular weight excluding hydrogens is 356 g/mol. The number of nitrogens with zero attached hydrogens (tertiary/aromatic N) is 1. The molecule has 1 aliphatic carbocycles. The number of nitrogens with one attached hydrogen (secondary N) is 1. The minimum Gasteiger partial charge on any atom is -0.434 e. The second-order valence-corrected chi connectivity index (χ2v) is 7.15. The number of para-hydroxylation sites is 1. The molecule has 8 heteroatoms. The van der Waals surface area contributed by atoms with E-state index in [1.165, 1.54) is 23.1 Å². The zero-order chi connectivity index (χ0) is 19.4. The first-order valence-electron chi connectivity index (χ1n) is 9.36. The molecule has 148 valence electrons. The number of alkyl halides is 2. The van der Waals surface area contributed by atoms with E-state index in [2.05, 4.69) is 10.1 Å². The van der Waals surface area contributed by atoms with Crippen molar-refractivity contribution < 1.29 is 23.1 Å². The van der Waals surface area contributed by atoms with Crippen LogP contribution in [0.3, 0.4) is 0 Å². The summed E-state index contributed by atoms with van der Waals surface area (Å²) < 4.78 is 29.7. The molecule has 1 aromatic carbocycles. The molecule has 1 aromatic rings. The Hall–Kier alpha value is -2.22. The van der Waals surface area contributed by atoms with Crippen LogP contribution in [-0.2, 0) is 4.79 Å². The Morgan fingerprint density at radius 1 is 1.15 bits per heavy atom. The second-order valence-electron chi connectivity index (χ2n) is 7.15. The topological polar surface area (TPSA) is 84.7 Å². The van der Waals surface area contributed by atoms with Crippen molar-refractivity contribution in [1.82, 2.24) is 10.2 Å². The second kappa shape index (κ2) is 8.65. The lowest BCUT2D eigenvalue weighted by Gasteiger charge is -2.30. The average Bonchev–Trinajstić information content (AvgIpc) is 3.13. The first kappa shape index (κ1) is 19.5. The molecule has 1 saturated heterocycles. The normalized spacial score (nSPS) is 25.5. The summed E-state index contributed by atoms with van der Waals surface area (Å²) in [5, 5.41) is 3.02. The number of amides is 2. The maximum absolute atomic E-state index is 12.9. The van der Waals surface area contributed by atoms with Crippen molar-refractivity contribution in [2.75, 3.05) is 6.54 Å². The number of hydrogen-bond donors (Lipinski definition) is 2. The van der Waals surface area contributed by atoms with Gasteiger partial charge in [-0.05, 0) is 50.7 Å². The quantitative estimate of drug-likeness (QED) is 0.820. The molecule has 6 nitrogen and oxygen atoms in total. The number of rotatable bonds is 5. The van der Waals surface area contributed by atoms with E-state index in [1.54, 1.807) is 6.07 Å². The highest BCUT2D eigenvalue weighted by Gasteiger charge is 2.36. The monoisotopic (exact) mass is 381 g/mol. The van der Waals surface area contributed by atoms with Crippen LogP contribution in [0.15, 0.2) is 24.3 Å². The number of halogens is 2. The molecule has 1 aliphatic heterocycles. The van der Waals surface area contributed by atoms with Crippen LogP contribution in [0.2, 0.25) is 0 Å². The van der Waals surface area contributed by atoms with Gasteiger partial charge in [-0.2, -0.15) is 8.78 Å². The molecule has 27 heavy (non-hydrogen) atoms. The van der Waals surface area contributed by atoms with E-state index in [4.69, 9.17) is 5.73 Å². The molecule has 3 rings (SSSR count). The molecule has 1 saturated carbocycles. The number of benzene rings is 1. The first-order chi connectivity index (χ1) is 13.0. The SMILES string of the molecule is NC1CCC(NC(=O)C2CCCN2C(=O)c2ccccc2OC(F)F)CC1. The third-order valence-electron chi connectivity index (χ3n) is 5.27. The van der Waals surface area contributed by atoms with E-state index in [9.17, 15) is 18.4 Å². The Labute approximate surface area is 157 Å². The number of hydrogen-bond acceptors (Lipinski definition) is 4. The average molecular weight is 381 g/mol. The van der Waals surface area contributed by atoms with Crippen LogP contribution in [0, 0.1) is 0 Å². The molecule has 0 aromatic heterocycles. The first-order valence-corrected chi connectivity index (χ1v) is 9.36. The highest BCUT2D eigenvalue weighted by atomic mass is 19.3. The predicted octanol–water partition coefficient (Wildman–Crippen LogP) is 2.28. The minimum atomic E-state index is -3.02. The number of nitrogens with two attached hydrogens (primary N) is 1. The standard InChI is InChI=1S/C19H25F2N3O3/c20-19(21)27-16-6-2-1-4-14(16)18(26)24-11-3-5-15(24)17(25)23-13-9-7-12(22)8-10-13/h1-2,4,6,12-13,15,19H,3,5,7-11,22H2,(H,23,25). The van der Waals surface area contributed by atoms with Crippen LogP contribution in [0.4, 0.5) is 8.78 Å². The van der Waals surface area contributed by atoms with Gasteiger partial charge in [0.2, 0.25) is 5.91 Å². The molecule has 1 unspecified atom stereocenters. The fourth-order valence-electron chi connectivity index (χ4n) is 3.84.